The first-order valence-electron chi connectivity index (χ1n) is 6.27. The van der Waals surface area contributed by atoms with Gasteiger partial charge < -0.3 is 15.2 Å². The van der Waals surface area contributed by atoms with E-state index >= 15 is 0 Å². The second kappa shape index (κ2) is 7.22. The number of hydrogen-bond donors (Lipinski definition) is 2. The molecule has 0 amide bonds. The second-order valence-corrected chi connectivity index (χ2v) is 4.91. The Morgan fingerprint density at radius 1 is 1.50 bits per heavy atom. The maximum absolute atomic E-state index is 8.97. The molecule has 2 unspecified atom stereocenters. The lowest BCUT2D eigenvalue weighted by atomic mass is 10.1. The van der Waals surface area contributed by atoms with Crippen molar-refractivity contribution < 1.29 is 9.84 Å². The number of aliphatic hydroxyl groups excluding tert-OH is 1. The highest BCUT2D eigenvalue weighted by Crippen LogP contribution is 2.13. The maximum Gasteiger partial charge on any atom is 0.0616 e. The van der Waals surface area contributed by atoms with E-state index in [1.165, 1.54) is 13.0 Å². The monoisotopic (exact) mass is 230 g/mol. The van der Waals surface area contributed by atoms with Gasteiger partial charge in [-0.1, -0.05) is 0 Å². The van der Waals surface area contributed by atoms with Crippen LogP contribution in [0.4, 0.5) is 0 Å². The standard InChI is InChI=1S/C12H26N2O2/c1-10(2)14-6-4-11(8-14)13-12(5-7-15)9-16-3/h10-13,15H,4-9H2,1-3H3. The Labute approximate surface area is 99.0 Å². The van der Waals surface area contributed by atoms with Crippen molar-refractivity contribution in [3.8, 4) is 0 Å². The van der Waals surface area contributed by atoms with Crippen LogP contribution >= 0.6 is 0 Å². The smallest absolute Gasteiger partial charge is 0.0616 e. The molecule has 0 aromatic rings. The lowest BCUT2D eigenvalue weighted by Gasteiger charge is -2.24. The molecule has 0 aliphatic carbocycles. The van der Waals surface area contributed by atoms with Gasteiger partial charge in [0.25, 0.3) is 0 Å². The van der Waals surface area contributed by atoms with E-state index in [2.05, 4.69) is 24.1 Å². The maximum atomic E-state index is 8.97. The lowest BCUT2D eigenvalue weighted by molar-refractivity contribution is 0.142. The van der Waals surface area contributed by atoms with E-state index in [4.69, 9.17) is 9.84 Å². The SMILES string of the molecule is COCC(CCO)NC1CCN(C(C)C)C1. The van der Waals surface area contributed by atoms with Crippen LogP contribution in [0.2, 0.25) is 0 Å². The van der Waals surface area contributed by atoms with Crippen LogP contribution in [-0.2, 0) is 4.74 Å². The van der Waals surface area contributed by atoms with E-state index in [1.807, 2.05) is 0 Å². The summed E-state index contributed by atoms with van der Waals surface area (Å²) in [7, 11) is 1.71. The molecular weight excluding hydrogens is 204 g/mol. The highest BCUT2D eigenvalue weighted by atomic mass is 16.5. The summed E-state index contributed by atoms with van der Waals surface area (Å²) in [5.41, 5.74) is 0. The van der Waals surface area contributed by atoms with Crippen molar-refractivity contribution in [2.24, 2.45) is 0 Å². The van der Waals surface area contributed by atoms with Crippen LogP contribution < -0.4 is 5.32 Å². The lowest BCUT2D eigenvalue weighted by Crippen LogP contribution is -2.43. The van der Waals surface area contributed by atoms with Crippen molar-refractivity contribution in [3.63, 3.8) is 0 Å². The van der Waals surface area contributed by atoms with Gasteiger partial charge in [-0.05, 0) is 33.2 Å². The number of ether oxygens (including phenoxy) is 1. The van der Waals surface area contributed by atoms with E-state index in [0.717, 1.165) is 13.0 Å². The Bertz CT molecular complexity index is 182. The van der Waals surface area contributed by atoms with E-state index in [-0.39, 0.29) is 12.6 Å². The predicted molar refractivity (Wildman–Crippen MR) is 65.6 cm³/mol. The summed E-state index contributed by atoms with van der Waals surface area (Å²) in [6.07, 6.45) is 1.97. The van der Waals surface area contributed by atoms with E-state index in [1.54, 1.807) is 7.11 Å². The molecule has 1 aliphatic heterocycles. The van der Waals surface area contributed by atoms with Crippen molar-refractivity contribution in [2.45, 2.75) is 44.8 Å². The molecule has 2 N–H and O–H groups in total. The number of methoxy groups -OCH3 is 1. The van der Waals surface area contributed by atoms with Gasteiger partial charge in [0.1, 0.15) is 0 Å². The van der Waals surface area contributed by atoms with E-state index in [0.29, 0.717) is 18.7 Å². The van der Waals surface area contributed by atoms with Crippen LogP contribution in [0, 0.1) is 0 Å². The molecule has 96 valence electrons. The first kappa shape index (κ1) is 13.9. The largest absolute Gasteiger partial charge is 0.396 e. The number of aliphatic hydroxyl groups is 1. The molecule has 2 atom stereocenters. The van der Waals surface area contributed by atoms with Gasteiger partial charge in [0.2, 0.25) is 0 Å². The van der Waals surface area contributed by atoms with Crippen LogP contribution in [0.1, 0.15) is 26.7 Å². The first-order chi connectivity index (χ1) is 7.67. The van der Waals surface area contributed by atoms with Gasteiger partial charge in [-0.25, -0.2) is 0 Å². The predicted octanol–water partition coefficient (Wildman–Crippen LogP) is 0.456. The van der Waals surface area contributed by atoms with Gasteiger partial charge in [-0.3, -0.25) is 4.90 Å². The second-order valence-electron chi connectivity index (χ2n) is 4.91. The Hall–Kier alpha value is -0.160. The quantitative estimate of drug-likeness (QED) is 0.667. The summed E-state index contributed by atoms with van der Waals surface area (Å²) >= 11 is 0. The minimum atomic E-state index is 0.224. The summed E-state index contributed by atoms with van der Waals surface area (Å²) in [4.78, 5) is 2.49. The number of nitrogens with one attached hydrogen (secondary N) is 1. The summed E-state index contributed by atoms with van der Waals surface area (Å²) in [5, 5.41) is 12.5. The van der Waals surface area contributed by atoms with Crippen molar-refractivity contribution in [1.29, 1.82) is 0 Å². The Kier molecular flexibility index (Phi) is 6.28. The summed E-state index contributed by atoms with van der Waals surface area (Å²) in [6, 6.07) is 1.46. The molecule has 1 rings (SSSR count). The van der Waals surface area contributed by atoms with Crippen LogP contribution in [0.3, 0.4) is 0 Å². The first-order valence-corrected chi connectivity index (χ1v) is 6.27. The molecule has 0 aromatic heterocycles. The Balaban J connectivity index is 2.30. The molecular formula is C12H26N2O2. The molecule has 1 saturated heterocycles. The zero-order chi connectivity index (χ0) is 12.0. The van der Waals surface area contributed by atoms with Crippen molar-refractivity contribution in [3.05, 3.63) is 0 Å². The highest BCUT2D eigenvalue weighted by Gasteiger charge is 2.25. The average Bonchev–Trinajstić information content (AvgIpc) is 2.67. The topological polar surface area (TPSA) is 44.7 Å². The zero-order valence-corrected chi connectivity index (χ0v) is 10.8. The minimum Gasteiger partial charge on any atom is -0.396 e. The molecule has 16 heavy (non-hydrogen) atoms. The fraction of sp³-hybridized carbons (Fsp3) is 1.00. The van der Waals surface area contributed by atoms with Gasteiger partial charge in [0.15, 0.2) is 0 Å². The van der Waals surface area contributed by atoms with Crippen molar-refractivity contribution in [1.82, 2.24) is 10.2 Å². The molecule has 0 spiro atoms. The zero-order valence-electron chi connectivity index (χ0n) is 10.8. The fourth-order valence-corrected chi connectivity index (χ4v) is 2.30. The number of likely N-dealkylation sites (tertiary alicyclic amines) is 1. The fourth-order valence-electron chi connectivity index (χ4n) is 2.30. The van der Waals surface area contributed by atoms with Crippen molar-refractivity contribution >= 4 is 0 Å². The molecule has 0 saturated carbocycles. The van der Waals surface area contributed by atoms with Gasteiger partial charge in [-0.2, -0.15) is 0 Å². The van der Waals surface area contributed by atoms with Gasteiger partial charge in [0, 0.05) is 38.4 Å². The van der Waals surface area contributed by atoms with Crippen molar-refractivity contribution in [2.75, 3.05) is 33.4 Å². The van der Waals surface area contributed by atoms with Gasteiger partial charge in [-0.15, -0.1) is 0 Å². The number of hydrogen-bond acceptors (Lipinski definition) is 4. The van der Waals surface area contributed by atoms with Crippen LogP contribution in [0.25, 0.3) is 0 Å². The molecule has 1 fully saturated rings. The highest BCUT2D eigenvalue weighted by molar-refractivity contribution is 4.85. The molecule has 1 aliphatic rings. The Morgan fingerprint density at radius 2 is 2.25 bits per heavy atom. The van der Waals surface area contributed by atoms with Gasteiger partial charge in [0.05, 0.1) is 6.61 Å². The third kappa shape index (κ3) is 4.37. The molecule has 0 aromatic carbocycles. The Morgan fingerprint density at radius 3 is 2.75 bits per heavy atom. The summed E-state index contributed by atoms with van der Waals surface area (Å²) < 4.78 is 5.15. The number of nitrogens with zero attached hydrogens (tertiary/aromatic N) is 1. The summed E-state index contributed by atoms with van der Waals surface area (Å²) in [6.45, 7) is 7.67. The third-order valence-electron chi connectivity index (χ3n) is 3.27. The van der Waals surface area contributed by atoms with Gasteiger partial charge >= 0.3 is 0 Å². The normalized spacial score (nSPS) is 24.2. The minimum absolute atomic E-state index is 0.224. The van der Waals surface area contributed by atoms with E-state index < -0.39 is 0 Å². The van der Waals surface area contributed by atoms with Crippen LogP contribution in [-0.4, -0.2) is 61.5 Å². The molecule has 4 heteroatoms. The van der Waals surface area contributed by atoms with Crippen LogP contribution in [0.15, 0.2) is 0 Å². The number of rotatable bonds is 7. The third-order valence-corrected chi connectivity index (χ3v) is 3.27. The van der Waals surface area contributed by atoms with Crippen LogP contribution in [0.5, 0.6) is 0 Å². The molecule has 0 bridgehead atoms. The summed E-state index contributed by atoms with van der Waals surface area (Å²) in [5.74, 6) is 0. The molecule has 4 nitrogen and oxygen atoms in total. The molecule has 1 heterocycles. The molecule has 0 radical (unpaired) electrons. The average molecular weight is 230 g/mol. The van der Waals surface area contributed by atoms with E-state index in [9.17, 15) is 0 Å².